The Morgan fingerprint density at radius 1 is 0.950 bits per heavy atom. The van der Waals surface area contributed by atoms with Crippen molar-refractivity contribution >= 4 is 34.5 Å². The van der Waals surface area contributed by atoms with Crippen LogP contribution in [-0.2, 0) is 45.8 Å². The molecule has 0 radical (unpaired) electrons. The highest BCUT2D eigenvalue weighted by atomic mass is 16.6. The Morgan fingerprint density at radius 2 is 1.72 bits per heavy atom. The fraction of sp³-hybridized carbons (Fsp3) is 0.604. The van der Waals surface area contributed by atoms with Crippen LogP contribution < -0.4 is 9.64 Å². The first-order valence-corrected chi connectivity index (χ1v) is 22.2. The molecule has 3 aromatic rings. The predicted octanol–water partition coefficient (Wildman–Crippen LogP) is 5.27. The maximum absolute atomic E-state index is 15.5. The fourth-order valence-corrected chi connectivity index (χ4v) is 14.7. The van der Waals surface area contributed by atoms with Crippen LogP contribution in [0, 0.1) is 23.2 Å². The number of H-pyrrole nitrogens is 1. The van der Waals surface area contributed by atoms with Crippen molar-refractivity contribution in [2.24, 2.45) is 23.2 Å². The molecule has 320 valence electrons. The molecular formula is C48H60N4O8. The molecule has 10 rings (SSSR count). The summed E-state index contributed by atoms with van der Waals surface area (Å²) in [5.41, 5.74) is 0.0512. The Morgan fingerprint density at radius 3 is 2.47 bits per heavy atom. The third kappa shape index (κ3) is 5.04. The van der Waals surface area contributed by atoms with Gasteiger partial charge in [0.15, 0.2) is 6.10 Å². The van der Waals surface area contributed by atoms with Crippen molar-refractivity contribution in [3.8, 4) is 5.75 Å². The van der Waals surface area contributed by atoms with E-state index in [0.29, 0.717) is 49.9 Å². The van der Waals surface area contributed by atoms with Gasteiger partial charge >= 0.3 is 17.9 Å². The van der Waals surface area contributed by atoms with Gasteiger partial charge in [-0.25, -0.2) is 4.79 Å². The van der Waals surface area contributed by atoms with E-state index in [4.69, 9.17) is 18.9 Å². The largest absolute Gasteiger partial charge is 0.496 e. The van der Waals surface area contributed by atoms with Crippen molar-refractivity contribution in [3.63, 3.8) is 0 Å². The van der Waals surface area contributed by atoms with Gasteiger partial charge in [-0.3, -0.25) is 14.5 Å². The minimum Gasteiger partial charge on any atom is -0.496 e. The summed E-state index contributed by atoms with van der Waals surface area (Å²) in [6.07, 6.45) is 10.1. The lowest BCUT2D eigenvalue weighted by atomic mass is 9.47. The maximum atomic E-state index is 15.5. The number of aliphatic hydroxyl groups is 1. The minimum atomic E-state index is -2.27. The van der Waals surface area contributed by atoms with Gasteiger partial charge in [-0.2, -0.15) is 0 Å². The number of nitrogens with one attached hydrogen (secondary N) is 1. The Hall–Kier alpha value is -4.39. The number of rotatable bonds is 6. The molecule has 2 aromatic carbocycles. The first-order valence-electron chi connectivity index (χ1n) is 22.2. The lowest BCUT2D eigenvalue weighted by Crippen LogP contribution is -2.81. The van der Waals surface area contributed by atoms with Crippen LogP contribution in [0.25, 0.3) is 10.9 Å². The Labute approximate surface area is 352 Å². The van der Waals surface area contributed by atoms with Gasteiger partial charge in [-0.1, -0.05) is 50.1 Å². The molecule has 2 saturated carbocycles. The number of methoxy groups -OCH3 is 3. The number of aromatic nitrogens is 1. The van der Waals surface area contributed by atoms with Crippen LogP contribution in [0.2, 0.25) is 0 Å². The number of para-hydroxylation sites is 1. The zero-order valence-corrected chi connectivity index (χ0v) is 35.9. The number of esters is 3. The van der Waals surface area contributed by atoms with E-state index < -0.39 is 45.9 Å². The molecule has 2 saturated heterocycles. The summed E-state index contributed by atoms with van der Waals surface area (Å²) in [5, 5.41) is 14.5. The number of hydrogen-bond donors (Lipinski definition) is 2. The van der Waals surface area contributed by atoms with Crippen molar-refractivity contribution in [2.75, 3.05) is 66.0 Å². The van der Waals surface area contributed by atoms with Gasteiger partial charge in [-0.15, -0.1) is 0 Å². The summed E-state index contributed by atoms with van der Waals surface area (Å²) < 4.78 is 24.2. The number of hydrogen-bond acceptors (Lipinski definition) is 11. The van der Waals surface area contributed by atoms with Crippen molar-refractivity contribution in [2.45, 2.75) is 99.8 Å². The number of carbonyl (C=O) groups excluding carboxylic acids is 3. The number of benzene rings is 2. The van der Waals surface area contributed by atoms with E-state index in [-0.39, 0.29) is 17.9 Å². The molecule has 0 amide bonds. The van der Waals surface area contributed by atoms with E-state index in [9.17, 15) is 14.7 Å². The van der Waals surface area contributed by atoms with E-state index in [1.807, 2.05) is 31.0 Å². The molecule has 2 aliphatic carbocycles. The van der Waals surface area contributed by atoms with Crippen LogP contribution in [0.4, 0.5) is 5.69 Å². The zero-order valence-electron chi connectivity index (χ0n) is 35.9. The van der Waals surface area contributed by atoms with Gasteiger partial charge in [-0.05, 0) is 86.1 Å². The summed E-state index contributed by atoms with van der Waals surface area (Å²) in [6.45, 7) is 7.65. The molecule has 12 heteroatoms. The number of likely N-dealkylation sites (N-methyl/N-ethyl adjacent to an activating group) is 1. The topological polar surface area (TPSA) is 134 Å². The average molecular weight is 821 g/mol. The number of aromatic amines is 1. The molecular weight excluding hydrogens is 761 g/mol. The average Bonchev–Trinajstić information content (AvgIpc) is 3.92. The highest BCUT2D eigenvalue weighted by Crippen LogP contribution is 2.68. The van der Waals surface area contributed by atoms with Crippen LogP contribution in [0.1, 0.15) is 81.2 Å². The van der Waals surface area contributed by atoms with Crippen molar-refractivity contribution < 1.29 is 38.4 Å². The molecule has 2 bridgehead atoms. The van der Waals surface area contributed by atoms with Crippen LogP contribution in [0.15, 0.2) is 48.6 Å². The number of piperidine rings is 1. The predicted molar refractivity (Wildman–Crippen MR) is 226 cm³/mol. The summed E-state index contributed by atoms with van der Waals surface area (Å²) in [4.78, 5) is 53.9. The summed E-state index contributed by atoms with van der Waals surface area (Å²) >= 11 is 0. The first-order chi connectivity index (χ1) is 28.9. The second-order valence-corrected chi connectivity index (χ2v) is 19.0. The van der Waals surface area contributed by atoms with Crippen molar-refractivity contribution in [1.82, 2.24) is 14.8 Å². The molecule has 60 heavy (non-hydrogen) atoms. The number of nitrogens with zero attached hydrogens (tertiary/aromatic N) is 3. The van der Waals surface area contributed by atoms with Gasteiger partial charge in [0.1, 0.15) is 11.2 Å². The number of ether oxygens (including phenoxy) is 4. The second-order valence-electron chi connectivity index (χ2n) is 19.0. The molecule has 12 nitrogen and oxygen atoms in total. The standard InChI is InChI=1S/C48H60N4O8/c1-7-45-18-12-20-52-22-19-46(40(45)52)34-23-35(38(57-4)24-37(34)50(3)41(46)48(56,44(55)59-6)42(45)60-28(2)53)47(43(54)58-5)25-30-27-51(26-29-13-8-9-14-31(29)30)21-17-33-32-15-10-11-16-36(32)49-39(33)47/h10-12,15-16,18,23-24,29-31,40-42,49,56H,7-9,13-14,17,19-22,25-27H2,1-6H3/t29-,30?,31-,40-,41?,42?,45+,46?,47-,48+/m0/s1. The Bertz CT molecular complexity index is 2290. The van der Waals surface area contributed by atoms with Crippen LogP contribution >= 0.6 is 0 Å². The van der Waals surface area contributed by atoms with Crippen LogP contribution in [0.3, 0.4) is 0 Å². The summed E-state index contributed by atoms with van der Waals surface area (Å²) in [7, 11) is 6.34. The van der Waals surface area contributed by atoms with E-state index in [2.05, 4.69) is 51.2 Å². The molecule has 5 unspecified atom stereocenters. The highest BCUT2D eigenvalue weighted by Gasteiger charge is 2.80. The highest BCUT2D eigenvalue weighted by molar-refractivity contribution is 5.95. The van der Waals surface area contributed by atoms with Gasteiger partial charge in [0.05, 0.1) is 27.4 Å². The molecule has 1 spiro atoms. The second kappa shape index (κ2) is 14.1. The van der Waals surface area contributed by atoms with Gasteiger partial charge < -0.3 is 38.8 Å². The summed E-state index contributed by atoms with van der Waals surface area (Å²) in [6, 6.07) is 11.4. The van der Waals surface area contributed by atoms with E-state index in [0.717, 1.165) is 71.5 Å². The Balaban J connectivity index is 1.28. The lowest BCUT2D eigenvalue weighted by Gasteiger charge is -2.63. The molecule has 4 fully saturated rings. The lowest BCUT2D eigenvalue weighted by molar-refractivity contribution is -0.228. The quantitative estimate of drug-likeness (QED) is 0.192. The minimum absolute atomic E-state index is 0.217. The number of anilines is 1. The van der Waals surface area contributed by atoms with Crippen LogP contribution in [0.5, 0.6) is 5.75 Å². The third-order valence-corrected chi connectivity index (χ3v) is 16.8. The fourth-order valence-electron chi connectivity index (χ4n) is 14.7. The smallest absolute Gasteiger partial charge is 0.344 e. The number of fused-ring (bicyclic) bond motifs is 8. The molecule has 7 aliphatic rings. The summed E-state index contributed by atoms with van der Waals surface area (Å²) in [5.74, 6) is 0.0532. The first kappa shape index (κ1) is 39.7. The number of carbonyl (C=O) groups is 3. The molecule has 2 N–H and O–H groups in total. The molecule has 6 heterocycles. The third-order valence-electron chi connectivity index (χ3n) is 16.8. The van der Waals surface area contributed by atoms with Gasteiger partial charge in [0.2, 0.25) is 5.60 Å². The van der Waals surface area contributed by atoms with Crippen LogP contribution in [-0.4, -0.2) is 123 Å². The van der Waals surface area contributed by atoms with Gasteiger partial charge in [0.25, 0.3) is 0 Å². The van der Waals surface area contributed by atoms with E-state index in [1.54, 1.807) is 7.11 Å². The van der Waals surface area contributed by atoms with E-state index in [1.165, 1.54) is 40.4 Å². The van der Waals surface area contributed by atoms with E-state index >= 15 is 4.79 Å². The SMILES string of the molecule is CC[C@]12C=CCN3CCC4(c5cc([C@@]6(C(=O)OC)CC7CN(CCc8c6[nH]c6ccccc86)C[C@@H]6CCCC[C@H]76)c(OC)cc5N(C)C4[C@](O)(C(=O)OC)C1OC(C)=O)[C@@H]32. The molecule has 11 atom stereocenters. The maximum Gasteiger partial charge on any atom is 0.344 e. The monoisotopic (exact) mass is 820 g/mol. The van der Waals surface area contributed by atoms with Gasteiger partial charge in [0, 0.05) is 90.9 Å². The van der Waals surface area contributed by atoms with Crippen molar-refractivity contribution in [1.29, 1.82) is 0 Å². The zero-order chi connectivity index (χ0) is 41.9. The molecule has 5 aliphatic heterocycles. The molecule has 1 aromatic heterocycles. The van der Waals surface area contributed by atoms with Crippen molar-refractivity contribution in [3.05, 3.63) is 70.9 Å². The Kier molecular flexibility index (Phi) is 9.32. The normalized spacial score (nSPS) is 37.6.